The van der Waals surface area contributed by atoms with Crippen LogP contribution in [0.3, 0.4) is 0 Å². The van der Waals surface area contributed by atoms with Crippen LogP contribution in [0.1, 0.15) is 53.5 Å². The highest BCUT2D eigenvalue weighted by Gasteiger charge is 2.46. The highest BCUT2D eigenvalue weighted by molar-refractivity contribution is 6.00. The number of methoxy groups -OCH3 is 1. The van der Waals surface area contributed by atoms with E-state index >= 15 is 0 Å². The Balaban J connectivity index is 1.29. The van der Waals surface area contributed by atoms with Gasteiger partial charge < -0.3 is 19.2 Å². The lowest BCUT2D eigenvalue weighted by Crippen LogP contribution is -2.48. The monoisotopic (exact) mass is 548 g/mol. The summed E-state index contributed by atoms with van der Waals surface area (Å²) in [7, 11) is 1.61. The van der Waals surface area contributed by atoms with Crippen LogP contribution in [0, 0.1) is 10.8 Å². The topological polar surface area (TPSA) is 92.9 Å². The molecule has 0 unspecified atom stereocenters. The fourth-order valence-electron chi connectivity index (χ4n) is 6.53. The summed E-state index contributed by atoms with van der Waals surface area (Å²) in [5.41, 5.74) is 5.78. The molecule has 0 saturated heterocycles. The van der Waals surface area contributed by atoms with E-state index in [1.807, 2.05) is 59.5 Å². The number of carboxylic acids is 1. The number of aromatic nitrogens is 1. The zero-order chi connectivity index (χ0) is 28.9. The number of fused-ring (bicyclic) bond motifs is 2. The van der Waals surface area contributed by atoms with E-state index in [1.165, 1.54) is 11.1 Å². The number of carbonyl (C=O) groups is 2. The first-order valence-corrected chi connectivity index (χ1v) is 13.7. The Hall–Kier alpha value is -4.65. The second-order valence-electron chi connectivity index (χ2n) is 11.6. The second kappa shape index (κ2) is 9.77. The maximum Gasteiger partial charge on any atom is 0.335 e. The molecule has 0 bridgehead atoms. The van der Waals surface area contributed by atoms with Gasteiger partial charge in [-0.2, -0.15) is 0 Å². The Morgan fingerprint density at radius 2 is 1.76 bits per heavy atom. The summed E-state index contributed by atoms with van der Waals surface area (Å²) in [4.78, 5) is 31.9. The summed E-state index contributed by atoms with van der Waals surface area (Å²) in [5, 5.41) is 9.29. The molecule has 41 heavy (non-hydrogen) atoms. The Morgan fingerprint density at radius 1 is 1.00 bits per heavy atom. The third-order valence-electron chi connectivity index (χ3n) is 8.52. The predicted octanol–water partition coefficient (Wildman–Crippen LogP) is 7.10. The van der Waals surface area contributed by atoms with Gasteiger partial charge in [0.25, 0.3) is 5.91 Å². The van der Waals surface area contributed by atoms with Gasteiger partial charge in [-0.15, -0.1) is 0 Å². The van der Waals surface area contributed by atoms with Crippen molar-refractivity contribution in [1.82, 2.24) is 9.88 Å². The molecule has 2 aliphatic rings. The maximum atomic E-state index is 14.0. The minimum absolute atomic E-state index is 0.0613. The number of oxazole rings is 1. The molecular weight excluding hydrogens is 516 g/mol. The molecule has 1 N–H and O–H groups in total. The third-order valence-corrected chi connectivity index (χ3v) is 8.52. The van der Waals surface area contributed by atoms with Crippen molar-refractivity contribution >= 4 is 28.5 Å². The van der Waals surface area contributed by atoms with Crippen molar-refractivity contribution in [2.45, 2.75) is 27.2 Å². The molecule has 0 spiro atoms. The minimum atomic E-state index is -0.932. The summed E-state index contributed by atoms with van der Waals surface area (Å²) < 4.78 is 11.4. The summed E-state index contributed by atoms with van der Waals surface area (Å²) in [6.45, 7) is 7.73. The van der Waals surface area contributed by atoms with E-state index in [4.69, 9.17) is 9.15 Å². The number of hydrogen-bond acceptors (Lipinski definition) is 5. The van der Waals surface area contributed by atoms with Crippen LogP contribution in [0.2, 0.25) is 0 Å². The van der Waals surface area contributed by atoms with Crippen molar-refractivity contribution in [2.75, 3.05) is 20.2 Å². The minimum Gasteiger partial charge on any atom is -0.497 e. The quantitative estimate of drug-likeness (QED) is 0.267. The average molecular weight is 549 g/mol. The molecule has 1 atom stereocenters. The number of hydrogen-bond donors (Lipinski definition) is 1. The molecule has 1 aromatic heterocycles. The van der Waals surface area contributed by atoms with E-state index in [0.717, 1.165) is 12.0 Å². The summed E-state index contributed by atoms with van der Waals surface area (Å²) in [6, 6.07) is 20.0. The number of allylic oxidation sites excluding steroid dienone is 2. The number of ether oxygens (including phenoxy) is 1. The third kappa shape index (κ3) is 4.51. The Labute approximate surface area is 238 Å². The number of nitrogens with zero attached hydrogens (tertiary/aromatic N) is 2. The Morgan fingerprint density at radius 3 is 2.49 bits per heavy atom. The van der Waals surface area contributed by atoms with Crippen LogP contribution in [0.15, 0.2) is 88.9 Å². The van der Waals surface area contributed by atoms with E-state index in [-0.39, 0.29) is 22.3 Å². The Bertz CT molecular complexity index is 1740. The van der Waals surface area contributed by atoms with Crippen LogP contribution in [0.4, 0.5) is 0 Å². The second-order valence-corrected chi connectivity index (χ2v) is 11.6. The van der Waals surface area contributed by atoms with Gasteiger partial charge in [-0.25, -0.2) is 9.78 Å². The normalized spacial score (nSPS) is 19.8. The fourth-order valence-corrected chi connectivity index (χ4v) is 6.53. The molecule has 0 saturated carbocycles. The summed E-state index contributed by atoms with van der Waals surface area (Å²) >= 11 is 0. The van der Waals surface area contributed by atoms with Crippen molar-refractivity contribution in [1.29, 1.82) is 0 Å². The molecule has 4 aromatic rings. The molecule has 0 fully saturated rings. The molecule has 7 nitrogen and oxygen atoms in total. The van der Waals surface area contributed by atoms with Crippen LogP contribution < -0.4 is 4.74 Å². The average Bonchev–Trinajstić information content (AvgIpc) is 3.39. The van der Waals surface area contributed by atoms with E-state index in [2.05, 4.69) is 37.9 Å². The predicted molar refractivity (Wildman–Crippen MR) is 158 cm³/mol. The van der Waals surface area contributed by atoms with Gasteiger partial charge in [0.1, 0.15) is 11.3 Å². The smallest absolute Gasteiger partial charge is 0.335 e. The van der Waals surface area contributed by atoms with Crippen molar-refractivity contribution in [3.8, 4) is 17.2 Å². The maximum absolute atomic E-state index is 14.0. The highest BCUT2D eigenvalue weighted by atomic mass is 16.5. The number of aromatic carboxylic acids is 1. The van der Waals surface area contributed by atoms with Crippen molar-refractivity contribution < 1.29 is 23.8 Å². The first kappa shape index (κ1) is 26.6. The van der Waals surface area contributed by atoms with Gasteiger partial charge in [-0.05, 0) is 54.0 Å². The molecule has 6 rings (SSSR count). The molecule has 3 aromatic carbocycles. The van der Waals surface area contributed by atoms with Crippen LogP contribution in [-0.2, 0) is 0 Å². The van der Waals surface area contributed by atoms with Crippen LogP contribution in [-0.4, -0.2) is 47.1 Å². The lowest BCUT2D eigenvalue weighted by Gasteiger charge is -2.50. The lowest BCUT2D eigenvalue weighted by atomic mass is 9.58. The van der Waals surface area contributed by atoms with Gasteiger partial charge in [0.2, 0.25) is 5.89 Å². The first-order valence-electron chi connectivity index (χ1n) is 13.7. The van der Waals surface area contributed by atoms with E-state index in [9.17, 15) is 14.7 Å². The van der Waals surface area contributed by atoms with Crippen LogP contribution in [0.5, 0.6) is 5.75 Å². The molecule has 1 aliphatic heterocycles. The van der Waals surface area contributed by atoms with Gasteiger partial charge in [-0.3, -0.25) is 4.79 Å². The van der Waals surface area contributed by atoms with Gasteiger partial charge >= 0.3 is 5.97 Å². The molecular formula is C34H32N2O5. The van der Waals surface area contributed by atoms with E-state index < -0.39 is 5.97 Å². The molecule has 0 radical (unpaired) electrons. The SMILES string of the molecule is COc1ccc2oc(-c3ccccc3C(=O)N3CC=C4C(C)(C)C(c5ccc(C(=O)O)cc5)=CC[C@]4(C)C3)nc2c1. The molecule has 2 heterocycles. The first-order chi connectivity index (χ1) is 19.6. The van der Waals surface area contributed by atoms with Crippen molar-refractivity contribution in [2.24, 2.45) is 10.8 Å². The standard InChI is InChI=1S/C34H32N2O5/c1-33(2)26(21-9-11-22(12-10-21)32(38)39)15-17-34(3)20-36(18-16-29(33)34)31(37)25-8-6-5-7-24(25)30-35-27-19-23(40-4)13-14-28(27)41-30/h5-16,19H,17-18,20H2,1-4H3,(H,38,39)/t34-/m1/s1. The number of carbonyl (C=O) groups excluding carboxylic acids is 1. The number of benzene rings is 3. The van der Waals surface area contributed by atoms with Crippen LogP contribution >= 0.6 is 0 Å². The molecule has 1 amide bonds. The van der Waals surface area contributed by atoms with Crippen molar-refractivity contribution in [3.63, 3.8) is 0 Å². The number of amides is 1. The van der Waals surface area contributed by atoms with E-state index in [0.29, 0.717) is 47.0 Å². The van der Waals surface area contributed by atoms with Crippen molar-refractivity contribution in [3.05, 3.63) is 101 Å². The largest absolute Gasteiger partial charge is 0.497 e. The molecule has 1 aliphatic carbocycles. The highest BCUT2D eigenvalue weighted by Crippen LogP contribution is 2.55. The molecule has 7 heteroatoms. The zero-order valence-electron chi connectivity index (χ0n) is 23.6. The van der Waals surface area contributed by atoms with Gasteiger partial charge in [0, 0.05) is 35.5 Å². The fraction of sp³-hybridized carbons (Fsp3) is 0.265. The zero-order valence-corrected chi connectivity index (χ0v) is 23.6. The summed E-state index contributed by atoms with van der Waals surface area (Å²) in [6.07, 6.45) is 5.23. The van der Waals surface area contributed by atoms with Gasteiger partial charge in [0.05, 0.1) is 18.2 Å². The number of carboxylic acid groups (broad SMARTS) is 1. The Kier molecular flexibility index (Phi) is 6.33. The van der Waals surface area contributed by atoms with Gasteiger partial charge in [0.15, 0.2) is 5.58 Å². The lowest BCUT2D eigenvalue weighted by molar-refractivity contribution is 0.0679. The summed E-state index contributed by atoms with van der Waals surface area (Å²) in [5.74, 6) is 0.0974. The molecule has 208 valence electrons. The number of rotatable bonds is 5. The van der Waals surface area contributed by atoms with E-state index in [1.54, 1.807) is 19.2 Å². The van der Waals surface area contributed by atoms with Gasteiger partial charge in [-0.1, -0.05) is 62.8 Å². The van der Waals surface area contributed by atoms with Crippen LogP contribution in [0.25, 0.3) is 28.1 Å².